The number of primary amides is 1. The van der Waals surface area contributed by atoms with Crippen LogP contribution in [0.5, 0.6) is 0 Å². The first-order chi connectivity index (χ1) is 15.9. The zero-order valence-electron chi connectivity index (χ0n) is 19.0. The molecule has 184 valence electrons. The number of nitrogens with zero attached hydrogens (tertiary/aromatic N) is 2. The molecule has 1 aliphatic rings. The third-order valence-electron chi connectivity index (χ3n) is 6.49. The Morgan fingerprint density at radius 1 is 1.18 bits per heavy atom. The van der Waals surface area contributed by atoms with Crippen LogP contribution in [-0.2, 0) is 11.2 Å². The van der Waals surface area contributed by atoms with E-state index in [2.05, 4.69) is 10.3 Å². The van der Waals surface area contributed by atoms with Crippen LogP contribution < -0.4 is 11.1 Å². The largest absolute Gasteiger partial charge is 0.395 e. The third kappa shape index (κ3) is 6.07. The van der Waals surface area contributed by atoms with Crippen molar-refractivity contribution >= 4 is 23.4 Å². The topological polar surface area (TPSA) is 88.3 Å². The molecule has 1 fully saturated rings. The number of halogens is 4. The number of amides is 2. The molecule has 0 saturated heterocycles. The molecule has 10 heteroatoms. The molecule has 1 heterocycles. The number of hydrogen-bond acceptors (Lipinski definition) is 4. The predicted molar refractivity (Wildman–Crippen MR) is 123 cm³/mol. The molecular weight excluding hydrogens is 469 g/mol. The van der Waals surface area contributed by atoms with Crippen molar-refractivity contribution in [1.82, 2.24) is 15.2 Å². The van der Waals surface area contributed by atoms with Crippen molar-refractivity contribution in [2.45, 2.75) is 43.8 Å². The van der Waals surface area contributed by atoms with E-state index in [1.807, 2.05) is 19.0 Å². The van der Waals surface area contributed by atoms with E-state index in [4.69, 9.17) is 17.3 Å². The summed E-state index contributed by atoms with van der Waals surface area (Å²) in [4.78, 5) is 30.1. The summed E-state index contributed by atoms with van der Waals surface area (Å²) in [6.07, 6.45) is -2.92. The van der Waals surface area contributed by atoms with Crippen molar-refractivity contribution in [3.63, 3.8) is 0 Å². The average molecular weight is 497 g/mol. The van der Waals surface area contributed by atoms with Gasteiger partial charge in [-0.15, -0.1) is 0 Å². The van der Waals surface area contributed by atoms with Gasteiger partial charge >= 0.3 is 6.18 Å². The fourth-order valence-corrected chi connectivity index (χ4v) is 4.26. The van der Waals surface area contributed by atoms with E-state index in [9.17, 15) is 22.8 Å². The van der Waals surface area contributed by atoms with Gasteiger partial charge in [0.15, 0.2) is 0 Å². The van der Waals surface area contributed by atoms with Gasteiger partial charge in [-0.1, -0.05) is 23.7 Å². The summed E-state index contributed by atoms with van der Waals surface area (Å²) in [5, 5.41) is 3.12. The molecule has 0 radical (unpaired) electrons. The highest BCUT2D eigenvalue weighted by atomic mass is 35.5. The number of carbonyl (C=O) groups excluding carboxylic acids is 2. The van der Waals surface area contributed by atoms with Crippen molar-refractivity contribution in [2.24, 2.45) is 11.1 Å². The molecule has 2 aromatic rings. The van der Waals surface area contributed by atoms with Crippen LogP contribution >= 0.6 is 11.6 Å². The Balaban J connectivity index is 1.68. The van der Waals surface area contributed by atoms with Gasteiger partial charge < -0.3 is 16.0 Å². The Labute approximate surface area is 201 Å². The number of benzene rings is 1. The van der Waals surface area contributed by atoms with Crippen molar-refractivity contribution in [1.29, 1.82) is 0 Å². The summed E-state index contributed by atoms with van der Waals surface area (Å²) in [5.74, 6) is -2.06. The molecule has 0 spiro atoms. The van der Waals surface area contributed by atoms with Crippen LogP contribution in [0.3, 0.4) is 0 Å². The molecule has 0 aliphatic heterocycles. The minimum atomic E-state index is -4.43. The highest BCUT2D eigenvalue weighted by molar-refractivity contribution is 6.30. The number of hydrogen-bond donors (Lipinski definition) is 2. The van der Waals surface area contributed by atoms with E-state index >= 15 is 0 Å². The van der Waals surface area contributed by atoms with Crippen LogP contribution in [0.15, 0.2) is 42.6 Å². The van der Waals surface area contributed by atoms with Gasteiger partial charge in [-0.3, -0.25) is 14.6 Å². The summed E-state index contributed by atoms with van der Waals surface area (Å²) < 4.78 is 41.6. The lowest BCUT2D eigenvalue weighted by molar-refractivity contribution is -0.195. The molecule has 34 heavy (non-hydrogen) atoms. The second-order valence-corrected chi connectivity index (χ2v) is 9.44. The van der Waals surface area contributed by atoms with Gasteiger partial charge in [0.05, 0.1) is 10.4 Å². The minimum Gasteiger partial charge on any atom is -0.366 e. The Bertz CT molecular complexity index is 1010. The van der Waals surface area contributed by atoms with Gasteiger partial charge in [0.25, 0.3) is 0 Å². The first kappa shape index (κ1) is 26.0. The summed E-state index contributed by atoms with van der Waals surface area (Å²) in [7, 11) is 3.72. The average Bonchev–Trinajstić information content (AvgIpc) is 3.58. The SMILES string of the molecule is CN(C)[C@H](CNC(=O)C[C@H](c1ccc(Cl)cn1)C1(C(F)(F)F)CC1)Cc1ccc(C(N)=O)cc1. The second kappa shape index (κ2) is 10.3. The lowest BCUT2D eigenvalue weighted by Gasteiger charge is -2.29. The monoisotopic (exact) mass is 496 g/mol. The van der Waals surface area contributed by atoms with Crippen LogP contribution in [0, 0.1) is 5.41 Å². The van der Waals surface area contributed by atoms with Crippen molar-refractivity contribution in [3.05, 3.63) is 64.4 Å². The normalized spacial score (nSPS) is 16.7. The molecule has 1 aliphatic carbocycles. The Morgan fingerprint density at radius 3 is 2.29 bits per heavy atom. The molecule has 6 nitrogen and oxygen atoms in total. The number of nitrogens with two attached hydrogens (primary N) is 1. The smallest absolute Gasteiger partial charge is 0.366 e. The number of rotatable bonds is 10. The van der Waals surface area contributed by atoms with E-state index in [0.29, 0.717) is 17.0 Å². The highest BCUT2D eigenvalue weighted by Crippen LogP contribution is 2.65. The van der Waals surface area contributed by atoms with Gasteiger partial charge in [-0.25, -0.2) is 0 Å². The molecule has 1 saturated carbocycles. The molecule has 1 aromatic carbocycles. The van der Waals surface area contributed by atoms with Gasteiger partial charge in [0, 0.05) is 42.4 Å². The van der Waals surface area contributed by atoms with E-state index in [1.54, 1.807) is 24.3 Å². The summed E-state index contributed by atoms with van der Waals surface area (Å²) in [6.45, 7) is 0.253. The molecule has 3 rings (SSSR count). The van der Waals surface area contributed by atoms with Crippen LogP contribution in [-0.4, -0.2) is 54.6 Å². The van der Waals surface area contributed by atoms with Gasteiger partial charge in [-0.2, -0.15) is 13.2 Å². The third-order valence-corrected chi connectivity index (χ3v) is 6.72. The number of nitrogens with one attached hydrogen (secondary N) is 1. The summed E-state index contributed by atoms with van der Waals surface area (Å²) in [5.41, 5.74) is 4.89. The molecule has 0 bridgehead atoms. The number of aromatic nitrogens is 1. The number of pyridine rings is 1. The number of alkyl halides is 3. The maximum absolute atomic E-state index is 13.9. The fourth-order valence-electron chi connectivity index (χ4n) is 4.14. The molecule has 2 amide bonds. The van der Waals surface area contributed by atoms with Gasteiger partial charge in [0.1, 0.15) is 0 Å². The van der Waals surface area contributed by atoms with E-state index in [-0.39, 0.29) is 37.5 Å². The quantitative estimate of drug-likeness (QED) is 0.521. The fraction of sp³-hybridized carbons (Fsp3) is 0.458. The van der Waals surface area contributed by atoms with Crippen LogP contribution in [0.25, 0.3) is 0 Å². The zero-order valence-corrected chi connectivity index (χ0v) is 19.8. The lowest BCUT2D eigenvalue weighted by Crippen LogP contribution is -2.42. The van der Waals surface area contributed by atoms with Gasteiger partial charge in [0.2, 0.25) is 11.8 Å². The molecule has 0 unspecified atom stereocenters. The van der Waals surface area contributed by atoms with E-state index in [0.717, 1.165) is 5.56 Å². The predicted octanol–water partition coefficient (Wildman–Crippen LogP) is 3.94. The number of carbonyl (C=O) groups is 2. The summed E-state index contributed by atoms with van der Waals surface area (Å²) in [6, 6.07) is 9.71. The summed E-state index contributed by atoms with van der Waals surface area (Å²) >= 11 is 5.86. The first-order valence-electron chi connectivity index (χ1n) is 10.9. The highest BCUT2D eigenvalue weighted by Gasteiger charge is 2.67. The Morgan fingerprint density at radius 2 is 1.82 bits per heavy atom. The Kier molecular flexibility index (Phi) is 7.88. The van der Waals surface area contributed by atoms with Crippen LogP contribution in [0.1, 0.15) is 46.8 Å². The molecule has 3 N–H and O–H groups in total. The van der Waals surface area contributed by atoms with Crippen molar-refractivity contribution in [3.8, 4) is 0 Å². The Hall–Kier alpha value is -2.65. The number of likely N-dealkylation sites (N-methyl/N-ethyl adjacent to an activating group) is 1. The van der Waals surface area contributed by atoms with Gasteiger partial charge in [-0.05, 0) is 63.2 Å². The first-order valence-corrected chi connectivity index (χ1v) is 11.3. The standard InChI is InChI=1S/C24H28ClF3N4O2/c1-32(2)18(11-15-3-5-16(6-4-15)22(29)34)14-31-21(33)12-19(20-8-7-17(25)13-30-20)23(9-10-23)24(26,27)28/h3-8,13,18-19H,9-12,14H2,1-2H3,(H2,29,34)(H,31,33)/t18-,19+/m0/s1. The molecular formula is C24H28ClF3N4O2. The van der Waals surface area contributed by atoms with Crippen molar-refractivity contribution in [2.75, 3.05) is 20.6 Å². The van der Waals surface area contributed by atoms with Crippen LogP contribution in [0.4, 0.5) is 13.2 Å². The van der Waals surface area contributed by atoms with E-state index in [1.165, 1.54) is 18.3 Å². The lowest BCUT2D eigenvalue weighted by atomic mass is 9.82. The minimum absolute atomic E-state index is 0.0274. The maximum atomic E-state index is 13.9. The van der Waals surface area contributed by atoms with Crippen molar-refractivity contribution < 1.29 is 22.8 Å². The maximum Gasteiger partial charge on any atom is 0.395 e. The second-order valence-electron chi connectivity index (χ2n) is 9.00. The molecule has 1 aromatic heterocycles. The molecule has 2 atom stereocenters. The van der Waals surface area contributed by atoms with Crippen LogP contribution in [0.2, 0.25) is 5.02 Å². The van der Waals surface area contributed by atoms with E-state index < -0.39 is 29.3 Å². The zero-order chi connectivity index (χ0) is 25.1.